The van der Waals surface area contributed by atoms with E-state index in [1.54, 1.807) is 39.0 Å². The predicted octanol–water partition coefficient (Wildman–Crippen LogP) is 5.15. The van der Waals surface area contributed by atoms with E-state index in [1.165, 1.54) is 18.3 Å². The molecule has 0 fully saturated rings. The fraction of sp³-hybridized carbons (Fsp3) is 0.603. The fourth-order valence-corrected chi connectivity index (χ4v) is 9.98. The van der Waals surface area contributed by atoms with Crippen molar-refractivity contribution in [2.45, 2.75) is 290 Å². The highest BCUT2D eigenvalue weighted by molar-refractivity contribution is 4.97. The third kappa shape index (κ3) is 26.4. The molecule has 572 valence electrons. The predicted molar refractivity (Wildman–Crippen MR) is 408 cm³/mol. The second kappa shape index (κ2) is 48.0. The standard InChI is InChI=1S/C15H23N3O3.2C15H25N3O3.C15H23N3O3.C13H19N3O3/c1-6-7-8-16-13(19)17(9-11(2)3)15(21)18(14(16)20)10-12(4)5;1-5-7-9-16-13(19)17(10-8-6-2)15(21)18(14(16)20)11-12(3)4;2*1-4-7-10-16-13(19)17(11-8-5-2)15(21)18(14(16)20)12-9-6-3;1-4-7-9-15-11(17)14(6-3)12(18)16(13(15)19)10-8-5-2/h2,4,6-10H2,1,3,5H3;3,5-11H2,1-2,4H3;4H,1,5-12H2,2-3H3;4-5H,1-2,6-12H2,3H3;3H,4-5,7-10H2,1-2H3. The molecular formula is C73H115N15O15. The average molecular weight is 1440 g/mol. The largest absolute Gasteiger partial charge is 0.348 e. The van der Waals surface area contributed by atoms with Gasteiger partial charge in [0, 0.05) is 78.0 Å². The van der Waals surface area contributed by atoms with Crippen molar-refractivity contribution in [1.82, 2.24) is 68.5 Å². The van der Waals surface area contributed by atoms with Crippen LogP contribution in [0, 0.1) is 12.5 Å². The van der Waals surface area contributed by atoms with Crippen LogP contribution in [0.25, 0.3) is 0 Å². The summed E-state index contributed by atoms with van der Waals surface area (Å²) in [6, 6.07) is 2.04. The van der Waals surface area contributed by atoms with Crippen molar-refractivity contribution in [3.63, 3.8) is 0 Å². The zero-order valence-corrected chi connectivity index (χ0v) is 63.2. The van der Waals surface area contributed by atoms with Gasteiger partial charge in [-0.05, 0) is 91.4 Å². The van der Waals surface area contributed by atoms with E-state index in [0.717, 1.165) is 129 Å². The lowest BCUT2D eigenvalue weighted by molar-refractivity contribution is 0.431. The summed E-state index contributed by atoms with van der Waals surface area (Å²) in [5.41, 5.74) is -6.38. The van der Waals surface area contributed by atoms with Gasteiger partial charge in [-0.1, -0.05) is 168 Å². The molecule has 30 heteroatoms. The Balaban J connectivity index is 0.000000644. The molecule has 0 aliphatic carbocycles. The van der Waals surface area contributed by atoms with Crippen LogP contribution >= 0.6 is 0 Å². The Labute approximate surface area is 600 Å². The van der Waals surface area contributed by atoms with E-state index in [1.807, 2.05) is 61.4 Å². The summed E-state index contributed by atoms with van der Waals surface area (Å²) in [5, 5.41) is 0. The van der Waals surface area contributed by atoms with Crippen molar-refractivity contribution < 1.29 is 0 Å². The van der Waals surface area contributed by atoms with Gasteiger partial charge in [-0.3, -0.25) is 0 Å². The maximum absolute atomic E-state index is 12.4. The molecule has 0 unspecified atom stereocenters. The van der Waals surface area contributed by atoms with Gasteiger partial charge in [-0.15, -0.1) is 19.7 Å². The molecule has 0 saturated carbocycles. The van der Waals surface area contributed by atoms with Crippen LogP contribution in [0.2, 0.25) is 0 Å². The molecule has 0 N–H and O–H groups in total. The van der Waals surface area contributed by atoms with Crippen LogP contribution in [-0.2, 0) is 91.6 Å². The monoisotopic (exact) mass is 1440 g/mol. The first-order valence-electron chi connectivity index (χ1n) is 35.9. The number of terminal acetylenes is 1. The summed E-state index contributed by atoms with van der Waals surface area (Å²) in [6.07, 6.45) is 24.3. The fourth-order valence-electron chi connectivity index (χ4n) is 9.98. The Morgan fingerprint density at radius 2 is 0.398 bits per heavy atom. The number of unbranched alkanes of at least 4 members (excludes halogenated alkanes) is 8. The van der Waals surface area contributed by atoms with Gasteiger partial charge >= 0.3 is 85.3 Å². The Morgan fingerprint density at radius 1 is 0.262 bits per heavy atom. The van der Waals surface area contributed by atoms with Crippen molar-refractivity contribution in [3.8, 4) is 12.5 Å². The normalized spacial score (nSPS) is 10.6. The molecule has 0 aromatic carbocycles. The maximum Gasteiger partial charge on any atom is 0.348 e. The molecule has 0 radical (unpaired) electrons. The molecular weight excluding hydrogens is 1330 g/mol. The lowest BCUT2D eigenvalue weighted by Gasteiger charge is -2.13. The Hall–Kier alpha value is -9.95. The lowest BCUT2D eigenvalue weighted by atomic mass is 10.3. The van der Waals surface area contributed by atoms with Crippen molar-refractivity contribution in [2.75, 3.05) is 0 Å². The molecule has 5 aromatic rings. The molecule has 5 heterocycles. The number of hydrogen-bond donors (Lipinski definition) is 0. The van der Waals surface area contributed by atoms with Crippen LogP contribution in [0.5, 0.6) is 0 Å². The van der Waals surface area contributed by atoms with Gasteiger partial charge in [-0.25, -0.2) is 136 Å². The first kappa shape index (κ1) is 91.1. The second-order valence-corrected chi connectivity index (χ2v) is 25.1. The van der Waals surface area contributed by atoms with Gasteiger partial charge in [0.05, 0.1) is 19.6 Å². The van der Waals surface area contributed by atoms with E-state index in [2.05, 4.69) is 39.5 Å². The van der Waals surface area contributed by atoms with Gasteiger partial charge in [0.25, 0.3) is 0 Å². The number of rotatable bonds is 39. The van der Waals surface area contributed by atoms with Crippen LogP contribution < -0.4 is 85.3 Å². The molecule has 0 aliphatic rings. The minimum Gasteiger partial charge on any atom is -0.247 e. The number of aromatic nitrogens is 15. The van der Waals surface area contributed by atoms with Crippen LogP contribution in [0.15, 0.2) is 146 Å². The molecule has 103 heavy (non-hydrogen) atoms. The summed E-state index contributed by atoms with van der Waals surface area (Å²) in [6.45, 7) is 46.7. The summed E-state index contributed by atoms with van der Waals surface area (Å²) in [4.78, 5) is 184. The average Bonchev–Trinajstić information content (AvgIpc) is 0.770. The van der Waals surface area contributed by atoms with Crippen LogP contribution in [-0.4, -0.2) is 68.5 Å². The maximum atomic E-state index is 12.4. The zero-order chi connectivity index (χ0) is 78.2. The van der Waals surface area contributed by atoms with Crippen LogP contribution in [0.1, 0.15) is 198 Å². The van der Waals surface area contributed by atoms with Gasteiger partial charge in [0.1, 0.15) is 0 Å². The Kier molecular flexibility index (Phi) is 42.5. The number of nitrogens with zero attached hydrogens (tertiary/aromatic N) is 15. The zero-order valence-electron chi connectivity index (χ0n) is 63.2. The van der Waals surface area contributed by atoms with Crippen molar-refractivity contribution in [2.24, 2.45) is 0 Å². The van der Waals surface area contributed by atoms with Crippen LogP contribution in [0.3, 0.4) is 0 Å². The van der Waals surface area contributed by atoms with Gasteiger partial charge in [0.2, 0.25) is 0 Å². The van der Waals surface area contributed by atoms with E-state index < -0.39 is 85.3 Å². The summed E-state index contributed by atoms with van der Waals surface area (Å²) >= 11 is 0. The van der Waals surface area contributed by atoms with E-state index in [9.17, 15) is 71.9 Å². The smallest absolute Gasteiger partial charge is 0.247 e. The molecule has 0 amide bonds. The van der Waals surface area contributed by atoms with Crippen molar-refractivity contribution >= 4 is 0 Å². The minimum atomic E-state index is -0.723. The van der Waals surface area contributed by atoms with Crippen molar-refractivity contribution in [1.29, 1.82) is 0 Å². The molecule has 30 nitrogen and oxygen atoms in total. The van der Waals surface area contributed by atoms with E-state index in [0.29, 0.717) is 99.1 Å². The lowest BCUT2D eigenvalue weighted by Crippen LogP contribution is -2.54. The minimum absolute atomic E-state index is 0.111. The van der Waals surface area contributed by atoms with Gasteiger partial charge in [0.15, 0.2) is 0 Å². The summed E-state index contributed by atoms with van der Waals surface area (Å²) < 4.78 is 16.3. The third-order valence-corrected chi connectivity index (χ3v) is 15.8. The second-order valence-electron chi connectivity index (χ2n) is 25.1. The highest BCUT2D eigenvalue weighted by atomic mass is 16.2. The van der Waals surface area contributed by atoms with Crippen LogP contribution in [0.4, 0.5) is 0 Å². The number of hydrogen-bond acceptors (Lipinski definition) is 15. The summed E-state index contributed by atoms with van der Waals surface area (Å²) in [7, 11) is 0. The van der Waals surface area contributed by atoms with Crippen molar-refractivity contribution in [3.05, 3.63) is 232 Å². The highest BCUT2D eigenvalue weighted by Crippen LogP contribution is 1.98. The molecule has 5 rings (SSSR count). The Bertz CT molecular complexity index is 4450. The highest BCUT2D eigenvalue weighted by Gasteiger charge is 2.20. The van der Waals surface area contributed by atoms with Gasteiger partial charge in [-0.2, -0.15) is 4.57 Å². The molecule has 0 bridgehead atoms. The number of allylic oxidation sites excluding steroid dienone is 6. The van der Waals surface area contributed by atoms with E-state index >= 15 is 0 Å². The third-order valence-electron chi connectivity index (χ3n) is 15.8. The molecule has 0 saturated heterocycles. The van der Waals surface area contributed by atoms with Gasteiger partial charge < -0.3 is 0 Å². The SMILES string of the molecule is C#Cn1c(=O)n(CCCC)c(=O)n(CCCC)c1=O.C=C(C)Cn1c(=O)n(CCCC)c(=O)n(CC(=C)C)c1=O.C=C(C)Cn1c(=O)n(CCCC)c(=O)n(CCCC)c1=O.C=CCCn1c(=O)n(CCC=C)c(=O)n(CCCC)c1=O.C=CCCn1c(=O)n(CCCC)c(=O)n(CCCC)c1=O. The quantitative estimate of drug-likeness (QED) is 0.0362. The van der Waals surface area contributed by atoms with E-state index in [-0.39, 0.29) is 52.4 Å². The molecule has 0 aliphatic heterocycles. The molecule has 0 spiro atoms. The topological polar surface area (TPSA) is 330 Å². The summed E-state index contributed by atoms with van der Waals surface area (Å²) in [5.74, 6) is 0. The Morgan fingerprint density at radius 3 is 0.534 bits per heavy atom. The first-order valence-corrected chi connectivity index (χ1v) is 35.9. The molecule has 0 atom stereocenters. The first-order chi connectivity index (χ1) is 49.0. The van der Waals surface area contributed by atoms with E-state index in [4.69, 9.17) is 6.42 Å². The molecule has 5 aromatic heterocycles.